The molecule has 106 valence electrons. The molecule has 0 aliphatic carbocycles. The van der Waals surface area contributed by atoms with E-state index in [0.29, 0.717) is 0 Å². The van der Waals surface area contributed by atoms with Crippen LogP contribution in [0.4, 0.5) is 0 Å². The van der Waals surface area contributed by atoms with Gasteiger partial charge in [0.1, 0.15) is 0 Å². The van der Waals surface area contributed by atoms with Crippen molar-refractivity contribution in [1.29, 1.82) is 0 Å². The molecule has 1 aromatic carbocycles. The molecule has 0 amide bonds. The molecule has 0 saturated carbocycles. The zero-order valence-electron chi connectivity index (χ0n) is 11.5. The van der Waals surface area contributed by atoms with Crippen molar-refractivity contribution in [3.05, 3.63) is 59.1 Å². The predicted molar refractivity (Wildman–Crippen MR) is 73.5 cm³/mol. The van der Waals surface area contributed by atoms with Crippen molar-refractivity contribution in [2.75, 3.05) is 14.2 Å². The van der Waals surface area contributed by atoms with E-state index in [-0.39, 0.29) is 17.1 Å². The number of methoxy groups -OCH3 is 2. The average molecular weight is 284 g/mol. The van der Waals surface area contributed by atoms with Crippen LogP contribution in [0.3, 0.4) is 0 Å². The van der Waals surface area contributed by atoms with E-state index in [4.69, 9.17) is 9.47 Å². The number of hydrogen-bond donors (Lipinski definition) is 0. The van der Waals surface area contributed by atoms with E-state index in [1.54, 1.807) is 0 Å². The third-order valence-corrected chi connectivity index (χ3v) is 2.62. The molecule has 5 heteroatoms. The van der Waals surface area contributed by atoms with Crippen LogP contribution in [-0.2, 0) is 23.8 Å². The van der Waals surface area contributed by atoms with E-state index in [9.17, 15) is 9.59 Å². The molecule has 1 heterocycles. The van der Waals surface area contributed by atoms with Crippen LogP contribution in [-0.4, -0.2) is 26.2 Å². The number of esters is 2. The summed E-state index contributed by atoms with van der Waals surface area (Å²) in [4.78, 5) is 23.0. The van der Waals surface area contributed by atoms with Gasteiger partial charge in [-0.3, -0.25) is 0 Å². The Morgan fingerprint density at radius 3 is 2.52 bits per heavy atom. The van der Waals surface area contributed by atoms with E-state index in [0.717, 1.165) is 11.6 Å². The second kappa shape index (κ2) is 6.44. The topological polar surface area (TPSA) is 61.8 Å². The summed E-state index contributed by atoms with van der Waals surface area (Å²) in [5.74, 6) is 4.35. The van der Waals surface area contributed by atoms with Crippen LogP contribution in [0.5, 0.6) is 0 Å². The third-order valence-electron chi connectivity index (χ3n) is 2.62. The summed E-state index contributed by atoms with van der Waals surface area (Å²) in [5.41, 5.74) is 0.815. The monoisotopic (exact) mass is 284 g/mol. The second-order valence-corrected chi connectivity index (χ2v) is 3.95. The fraction of sp³-hybridized carbons (Fsp3) is 0.125. The first kappa shape index (κ1) is 14.4. The molecule has 2 rings (SSSR count). The Morgan fingerprint density at radius 1 is 1.19 bits per heavy atom. The lowest BCUT2D eigenvalue weighted by Gasteiger charge is -2.01. The zero-order chi connectivity index (χ0) is 15.2. The molecule has 0 unspecified atom stereocenters. The van der Waals surface area contributed by atoms with Gasteiger partial charge in [-0.25, -0.2) is 9.59 Å². The van der Waals surface area contributed by atoms with E-state index in [1.807, 2.05) is 30.3 Å². The van der Waals surface area contributed by atoms with Crippen molar-refractivity contribution in [2.45, 2.75) is 0 Å². The quantitative estimate of drug-likeness (QED) is 0.468. The minimum absolute atomic E-state index is 0.00767. The molecule has 0 atom stereocenters. The van der Waals surface area contributed by atoms with Gasteiger partial charge in [-0.05, 0) is 18.1 Å². The summed E-state index contributed by atoms with van der Waals surface area (Å²) in [7, 11) is 2.59. The van der Waals surface area contributed by atoms with Crippen LogP contribution < -0.4 is 0 Å². The maximum Gasteiger partial charge on any atom is 0.356 e. The minimum atomic E-state index is -0.662. The fourth-order valence-corrected chi connectivity index (χ4v) is 1.64. The number of cyclic esters (lactones) is 1. The molecule has 0 spiro atoms. The first-order valence-corrected chi connectivity index (χ1v) is 6.03. The predicted octanol–water partition coefficient (Wildman–Crippen LogP) is 1.55. The zero-order valence-corrected chi connectivity index (χ0v) is 11.5. The van der Waals surface area contributed by atoms with Crippen molar-refractivity contribution in [3.8, 4) is 11.8 Å². The van der Waals surface area contributed by atoms with Crippen LogP contribution in [0.15, 0.2) is 53.5 Å². The van der Waals surface area contributed by atoms with E-state index in [2.05, 4.69) is 16.6 Å². The van der Waals surface area contributed by atoms with Gasteiger partial charge in [-0.1, -0.05) is 24.1 Å². The van der Waals surface area contributed by atoms with E-state index >= 15 is 0 Å². The average Bonchev–Trinajstić information content (AvgIpc) is 2.80. The second-order valence-electron chi connectivity index (χ2n) is 3.95. The first-order chi connectivity index (χ1) is 10.2. The molecule has 1 aliphatic rings. The molecule has 1 aromatic rings. The van der Waals surface area contributed by atoms with Crippen molar-refractivity contribution in [3.63, 3.8) is 0 Å². The summed E-state index contributed by atoms with van der Waals surface area (Å²) in [5, 5.41) is 0. The smallest absolute Gasteiger partial charge is 0.356 e. The highest BCUT2D eigenvalue weighted by Gasteiger charge is 2.31. The minimum Gasteiger partial charge on any atom is -0.491 e. The Bertz CT molecular complexity index is 686. The number of carbonyl (C=O) groups is 2. The van der Waals surface area contributed by atoms with Gasteiger partial charge in [0, 0.05) is 5.56 Å². The lowest BCUT2D eigenvalue weighted by molar-refractivity contribution is -0.135. The molecule has 0 radical (unpaired) electrons. The summed E-state index contributed by atoms with van der Waals surface area (Å²) < 4.78 is 14.5. The standard InChI is InChI=1S/C16H12O5/c1-19-14(17)10-13-15(20-2)12(16(18)21-13)9-8-11-6-4-3-5-7-11/h3-7,10H,1-2H3/b13-10-. The summed E-state index contributed by atoms with van der Waals surface area (Å²) >= 11 is 0. The highest BCUT2D eigenvalue weighted by molar-refractivity contribution is 5.99. The SMILES string of the molecule is COC(=O)/C=C1\OC(=O)C(C#Cc2ccccc2)=C1OC. The highest BCUT2D eigenvalue weighted by atomic mass is 16.6. The Hall–Kier alpha value is -3.00. The van der Waals surface area contributed by atoms with Crippen LogP contribution >= 0.6 is 0 Å². The fourth-order valence-electron chi connectivity index (χ4n) is 1.64. The number of ether oxygens (including phenoxy) is 3. The van der Waals surface area contributed by atoms with Crippen molar-refractivity contribution in [2.24, 2.45) is 0 Å². The Morgan fingerprint density at radius 2 is 1.90 bits per heavy atom. The van der Waals surface area contributed by atoms with Crippen molar-refractivity contribution >= 4 is 11.9 Å². The molecule has 0 saturated heterocycles. The van der Waals surface area contributed by atoms with Gasteiger partial charge in [0.2, 0.25) is 0 Å². The molecule has 1 aliphatic heterocycles. The van der Waals surface area contributed by atoms with Gasteiger partial charge >= 0.3 is 11.9 Å². The maximum atomic E-state index is 11.8. The van der Waals surface area contributed by atoms with Crippen LogP contribution in [0.25, 0.3) is 0 Å². The number of hydrogen-bond acceptors (Lipinski definition) is 5. The van der Waals surface area contributed by atoms with Crippen LogP contribution in [0.1, 0.15) is 5.56 Å². The molecule has 5 nitrogen and oxygen atoms in total. The summed E-state index contributed by atoms with van der Waals surface area (Å²) in [6.45, 7) is 0. The Balaban J connectivity index is 2.38. The lowest BCUT2D eigenvalue weighted by Crippen LogP contribution is -2.00. The van der Waals surface area contributed by atoms with Gasteiger partial charge in [0.15, 0.2) is 17.1 Å². The van der Waals surface area contributed by atoms with Crippen LogP contribution in [0, 0.1) is 11.8 Å². The molecule has 0 fully saturated rings. The van der Waals surface area contributed by atoms with Gasteiger partial charge in [-0.2, -0.15) is 0 Å². The lowest BCUT2D eigenvalue weighted by atomic mass is 10.2. The molecular formula is C16H12O5. The van der Waals surface area contributed by atoms with E-state index < -0.39 is 11.9 Å². The number of rotatable bonds is 2. The Labute approximate surface area is 121 Å². The summed E-state index contributed by atoms with van der Waals surface area (Å²) in [6.07, 6.45) is 1.04. The molecule has 0 bridgehead atoms. The van der Waals surface area contributed by atoms with Crippen LogP contribution in [0.2, 0.25) is 0 Å². The van der Waals surface area contributed by atoms with Gasteiger partial charge in [-0.15, -0.1) is 0 Å². The number of benzene rings is 1. The highest BCUT2D eigenvalue weighted by Crippen LogP contribution is 2.26. The first-order valence-electron chi connectivity index (χ1n) is 6.03. The molecule has 0 N–H and O–H groups in total. The molecular weight excluding hydrogens is 272 g/mol. The normalized spacial score (nSPS) is 15.3. The molecule has 0 aromatic heterocycles. The molecule has 21 heavy (non-hydrogen) atoms. The van der Waals surface area contributed by atoms with Crippen molar-refractivity contribution in [1.82, 2.24) is 0 Å². The maximum absolute atomic E-state index is 11.8. The van der Waals surface area contributed by atoms with E-state index in [1.165, 1.54) is 14.2 Å². The van der Waals surface area contributed by atoms with Gasteiger partial charge < -0.3 is 14.2 Å². The van der Waals surface area contributed by atoms with Crippen molar-refractivity contribution < 1.29 is 23.8 Å². The Kier molecular flexibility index (Phi) is 4.42. The van der Waals surface area contributed by atoms with Gasteiger partial charge in [0.05, 0.1) is 20.3 Å². The summed E-state index contributed by atoms with van der Waals surface area (Å²) in [6, 6.07) is 9.17. The largest absolute Gasteiger partial charge is 0.491 e. The van der Waals surface area contributed by atoms with Gasteiger partial charge in [0.25, 0.3) is 0 Å². The number of carbonyl (C=O) groups excluding carboxylic acids is 2. The third kappa shape index (κ3) is 3.31.